The van der Waals surface area contributed by atoms with Gasteiger partial charge in [0.2, 0.25) is 0 Å². The molecule has 13 heavy (non-hydrogen) atoms. The van der Waals surface area contributed by atoms with E-state index in [1.54, 1.807) is 0 Å². The molecule has 0 radical (unpaired) electrons. The van der Waals surface area contributed by atoms with Crippen molar-refractivity contribution in [3.05, 3.63) is 41.7 Å². The molecule has 0 saturated carbocycles. The summed E-state index contributed by atoms with van der Waals surface area (Å²) in [6.45, 7) is 2.55. The van der Waals surface area contributed by atoms with Crippen LogP contribution in [0, 0.1) is 6.92 Å². The van der Waals surface area contributed by atoms with E-state index < -0.39 is 0 Å². The molecule has 2 nitrogen and oxygen atoms in total. The van der Waals surface area contributed by atoms with Crippen LogP contribution in [0.3, 0.4) is 0 Å². The molecule has 2 N–H and O–H groups in total. The fraction of sp³-hybridized carbons (Fsp3) is 0.182. The van der Waals surface area contributed by atoms with Crippen molar-refractivity contribution in [3.8, 4) is 0 Å². The van der Waals surface area contributed by atoms with Crippen molar-refractivity contribution in [2.45, 2.75) is 13.5 Å². The summed E-state index contributed by atoms with van der Waals surface area (Å²) in [5.41, 5.74) is 7.86. The average Bonchev–Trinajstić information content (AvgIpc) is 2.18. The van der Waals surface area contributed by atoms with E-state index in [9.17, 15) is 0 Å². The molecule has 0 bridgehead atoms. The number of aryl methyl sites for hydroxylation is 1. The molecule has 0 atom stereocenters. The van der Waals surface area contributed by atoms with E-state index in [1.807, 2.05) is 25.3 Å². The van der Waals surface area contributed by atoms with Gasteiger partial charge in [-0.2, -0.15) is 0 Å². The molecule has 0 amide bonds. The Labute approximate surface area is 77.4 Å². The van der Waals surface area contributed by atoms with Crippen LogP contribution < -0.4 is 5.73 Å². The highest BCUT2D eigenvalue weighted by atomic mass is 14.7. The monoisotopic (exact) mass is 172 g/mol. The van der Waals surface area contributed by atoms with Gasteiger partial charge >= 0.3 is 0 Å². The normalized spacial score (nSPS) is 10.6. The molecule has 0 fully saturated rings. The summed E-state index contributed by atoms with van der Waals surface area (Å²) in [5.74, 6) is 0. The van der Waals surface area contributed by atoms with Gasteiger partial charge < -0.3 is 5.73 Å². The maximum absolute atomic E-state index is 5.68. The third-order valence-electron chi connectivity index (χ3n) is 2.32. The lowest BCUT2D eigenvalue weighted by atomic mass is 10.1. The summed E-state index contributed by atoms with van der Waals surface area (Å²) in [4.78, 5) is 4.30. The Morgan fingerprint density at radius 2 is 2.08 bits per heavy atom. The molecule has 0 aliphatic carbocycles. The smallest absolute Gasteiger partial charge is 0.0423 e. The van der Waals surface area contributed by atoms with Gasteiger partial charge in [0.15, 0.2) is 0 Å². The van der Waals surface area contributed by atoms with Crippen LogP contribution in [0.5, 0.6) is 0 Å². The lowest BCUT2D eigenvalue weighted by Gasteiger charge is -2.06. The van der Waals surface area contributed by atoms with Gasteiger partial charge in [0.25, 0.3) is 0 Å². The van der Waals surface area contributed by atoms with Crippen molar-refractivity contribution in [2.24, 2.45) is 5.73 Å². The predicted molar refractivity (Wildman–Crippen MR) is 54.4 cm³/mol. The SMILES string of the molecule is Cc1ncc2ccccc2c1CN. The molecule has 2 aromatic rings. The third kappa shape index (κ3) is 1.29. The number of nitrogens with zero attached hydrogens (tertiary/aromatic N) is 1. The number of rotatable bonds is 1. The number of hydrogen-bond donors (Lipinski definition) is 1. The molecule has 66 valence electrons. The number of benzene rings is 1. The number of nitrogens with two attached hydrogens (primary N) is 1. The second-order valence-corrected chi connectivity index (χ2v) is 3.11. The van der Waals surface area contributed by atoms with Crippen molar-refractivity contribution in [1.29, 1.82) is 0 Å². The zero-order valence-electron chi connectivity index (χ0n) is 7.62. The highest BCUT2D eigenvalue weighted by molar-refractivity contribution is 5.85. The number of pyridine rings is 1. The van der Waals surface area contributed by atoms with Crippen LogP contribution in [0.2, 0.25) is 0 Å². The van der Waals surface area contributed by atoms with E-state index in [-0.39, 0.29) is 0 Å². The minimum atomic E-state index is 0.556. The molecule has 0 aliphatic rings. The van der Waals surface area contributed by atoms with E-state index >= 15 is 0 Å². The summed E-state index contributed by atoms with van der Waals surface area (Å²) >= 11 is 0. The van der Waals surface area contributed by atoms with E-state index in [1.165, 1.54) is 5.39 Å². The van der Waals surface area contributed by atoms with Crippen LogP contribution in [0.4, 0.5) is 0 Å². The van der Waals surface area contributed by atoms with Crippen LogP contribution in [0.1, 0.15) is 11.3 Å². The Bertz CT molecular complexity index is 435. The minimum absolute atomic E-state index is 0.556. The summed E-state index contributed by atoms with van der Waals surface area (Å²) in [7, 11) is 0. The molecule has 0 spiro atoms. The first-order chi connectivity index (χ1) is 6.33. The van der Waals surface area contributed by atoms with Crippen LogP contribution in [0.25, 0.3) is 10.8 Å². The van der Waals surface area contributed by atoms with Crippen LogP contribution >= 0.6 is 0 Å². The molecule has 0 saturated heterocycles. The highest BCUT2D eigenvalue weighted by Gasteiger charge is 2.02. The Hall–Kier alpha value is -1.41. The molecule has 1 aromatic carbocycles. The molecule has 0 unspecified atom stereocenters. The average molecular weight is 172 g/mol. The van der Waals surface area contributed by atoms with Crippen LogP contribution in [-0.2, 0) is 6.54 Å². The topological polar surface area (TPSA) is 38.9 Å². The zero-order chi connectivity index (χ0) is 9.26. The van der Waals surface area contributed by atoms with E-state index in [0.29, 0.717) is 6.54 Å². The third-order valence-corrected chi connectivity index (χ3v) is 2.32. The number of aromatic nitrogens is 1. The maximum Gasteiger partial charge on any atom is 0.0423 e. The molecular weight excluding hydrogens is 160 g/mol. The first-order valence-electron chi connectivity index (χ1n) is 4.36. The van der Waals surface area contributed by atoms with Crippen molar-refractivity contribution >= 4 is 10.8 Å². The molecule has 2 rings (SSSR count). The molecule has 1 aromatic heterocycles. The second-order valence-electron chi connectivity index (χ2n) is 3.11. The van der Waals surface area contributed by atoms with Gasteiger partial charge in [0, 0.05) is 23.8 Å². The Morgan fingerprint density at radius 1 is 1.31 bits per heavy atom. The molecule has 1 heterocycles. The predicted octanol–water partition coefficient (Wildman–Crippen LogP) is 2.00. The highest BCUT2D eigenvalue weighted by Crippen LogP contribution is 2.19. The van der Waals surface area contributed by atoms with Gasteiger partial charge in [-0.25, -0.2) is 0 Å². The summed E-state index contributed by atoms with van der Waals surface area (Å²) < 4.78 is 0. The quantitative estimate of drug-likeness (QED) is 0.714. The Morgan fingerprint density at radius 3 is 2.85 bits per heavy atom. The molecule has 2 heteroatoms. The van der Waals surface area contributed by atoms with Gasteiger partial charge in [-0.3, -0.25) is 4.98 Å². The van der Waals surface area contributed by atoms with E-state index in [4.69, 9.17) is 5.73 Å². The van der Waals surface area contributed by atoms with Crippen molar-refractivity contribution < 1.29 is 0 Å². The molecule has 0 aliphatic heterocycles. The van der Waals surface area contributed by atoms with E-state index in [2.05, 4.69) is 17.1 Å². The fourth-order valence-electron chi connectivity index (χ4n) is 1.58. The van der Waals surface area contributed by atoms with Crippen LogP contribution in [0.15, 0.2) is 30.5 Å². The second kappa shape index (κ2) is 3.15. The summed E-state index contributed by atoms with van der Waals surface area (Å²) in [6.07, 6.45) is 1.89. The zero-order valence-corrected chi connectivity index (χ0v) is 7.62. The standard InChI is InChI=1S/C11H12N2/c1-8-11(6-12)10-5-3-2-4-9(10)7-13-8/h2-5,7H,6,12H2,1H3. The lowest BCUT2D eigenvalue weighted by molar-refractivity contribution is 1.03. The van der Waals surface area contributed by atoms with Crippen LogP contribution in [-0.4, -0.2) is 4.98 Å². The fourth-order valence-corrected chi connectivity index (χ4v) is 1.58. The Balaban J connectivity index is 2.84. The van der Waals surface area contributed by atoms with E-state index in [0.717, 1.165) is 16.6 Å². The minimum Gasteiger partial charge on any atom is -0.326 e. The summed E-state index contributed by atoms with van der Waals surface area (Å²) in [5, 5.41) is 2.38. The maximum atomic E-state index is 5.68. The first-order valence-corrected chi connectivity index (χ1v) is 4.36. The van der Waals surface area contributed by atoms with Crippen molar-refractivity contribution in [2.75, 3.05) is 0 Å². The Kier molecular flexibility index (Phi) is 1.99. The van der Waals surface area contributed by atoms with Gasteiger partial charge in [-0.1, -0.05) is 24.3 Å². The van der Waals surface area contributed by atoms with Crippen molar-refractivity contribution in [3.63, 3.8) is 0 Å². The molecular formula is C11H12N2. The van der Waals surface area contributed by atoms with Gasteiger partial charge in [-0.05, 0) is 17.9 Å². The van der Waals surface area contributed by atoms with Gasteiger partial charge in [0.05, 0.1) is 0 Å². The largest absolute Gasteiger partial charge is 0.326 e. The lowest BCUT2D eigenvalue weighted by Crippen LogP contribution is -2.01. The van der Waals surface area contributed by atoms with Crippen molar-refractivity contribution in [1.82, 2.24) is 4.98 Å². The number of fused-ring (bicyclic) bond motifs is 1. The summed E-state index contributed by atoms with van der Waals surface area (Å²) in [6, 6.07) is 8.19. The van der Waals surface area contributed by atoms with Gasteiger partial charge in [0.1, 0.15) is 0 Å². The van der Waals surface area contributed by atoms with Gasteiger partial charge in [-0.15, -0.1) is 0 Å². The first kappa shape index (κ1) is 8.20. The number of hydrogen-bond acceptors (Lipinski definition) is 2.